The monoisotopic (exact) mass is 289 g/mol. The van der Waals surface area contributed by atoms with Crippen molar-refractivity contribution in [2.75, 3.05) is 0 Å². The molecule has 1 atom stereocenters. The Labute approximate surface area is 105 Å². The van der Waals surface area contributed by atoms with Crippen LogP contribution in [0, 0.1) is 0 Å². The molecule has 0 radical (unpaired) electrons. The second-order valence-electron chi connectivity index (χ2n) is 3.83. The Hall–Kier alpha value is -1.41. The Morgan fingerprint density at radius 1 is 0.941 bits per heavy atom. The second kappa shape index (κ2) is 4.46. The van der Waals surface area contributed by atoms with Crippen LogP contribution in [0.25, 0.3) is 9.78 Å². The summed E-state index contributed by atoms with van der Waals surface area (Å²) in [5, 5.41) is 10.3. The van der Waals surface area contributed by atoms with Crippen LogP contribution in [0.3, 0.4) is 0 Å². The number of para-hydroxylation sites is 1. The van der Waals surface area contributed by atoms with Crippen molar-refractivity contribution in [3.05, 3.63) is 64.7 Å². The summed E-state index contributed by atoms with van der Waals surface area (Å²) in [6.07, 6.45) is -0.566. The van der Waals surface area contributed by atoms with E-state index >= 15 is 0 Å². The van der Waals surface area contributed by atoms with Gasteiger partial charge in [-0.15, -0.1) is 0 Å². The first kappa shape index (κ1) is 10.7. The zero-order valence-corrected chi connectivity index (χ0v) is 10.8. The van der Waals surface area contributed by atoms with Gasteiger partial charge in [0.1, 0.15) is 0 Å². The van der Waals surface area contributed by atoms with Crippen molar-refractivity contribution in [2.45, 2.75) is 6.10 Å². The van der Waals surface area contributed by atoms with E-state index in [-0.39, 0.29) is 14.5 Å². The molecule has 0 amide bonds. The molecule has 2 nitrogen and oxygen atoms in total. The molecule has 0 aliphatic heterocycles. The average molecular weight is 288 g/mol. The Morgan fingerprint density at radius 2 is 1.65 bits per heavy atom. The maximum atomic E-state index is 10.3. The van der Waals surface area contributed by atoms with E-state index in [1.165, 1.54) is 4.26 Å². The van der Waals surface area contributed by atoms with E-state index < -0.39 is 6.10 Å². The van der Waals surface area contributed by atoms with E-state index in [0.29, 0.717) is 0 Å². The van der Waals surface area contributed by atoms with Gasteiger partial charge in [0.25, 0.3) is 0 Å². The summed E-state index contributed by atoms with van der Waals surface area (Å²) < 4.78 is 2.15. The van der Waals surface area contributed by atoms with Gasteiger partial charge in [0.05, 0.1) is 0 Å². The molecule has 1 aromatic heterocycles. The summed E-state index contributed by atoms with van der Waals surface area (Å²) in [6, 6.07) is 17.8. The molecule has 0 fully saturated rings. The van der Waals surface area contributed by atoms with Crippen LogP contribution < -0.4 is 0 Å². The van der Waals surface area contributed by atoms with Gasteiger partial charge in [-0.05, 0) is 0 Å². The Bertz CT molecular complexity index is 600. The third kappa shape index (κ3) is 2.05. The first-order chi connectivity index (χ1) is 8.34. The fourth-order valence-corrected chi connectivity index (χ4v) is 3.84. The van der Waals surface area contributed by atoms with E-state index in [1.807, 2.05) is 48.5 Å². The van der Waals surface area contributed by atoms with Crippen molar-refractivity contribution < 1.29 is 5.11 Å². The average Bonchev–Trinajstić information content (AvgIpc) is 2.82. The standard InChI is InChI=1S/C14H11NOSe/c16-13(10-6-2-1-3-7-10)14-15-11-8-4-5-9-12(11)17-14/h1-9,13,16H. The fourth-order valence-electron chi connectivity index (χ4n) is 1.78. The van der Waals surface area contributed by atoms with E-state index in [9.17, 15) is 5.11 Å². The fraction of sp³-hybridized carbons (Fsp3) is 0.0714. The molecule has 1 heterocycles. The summed E-state index contributed by atoms with van der Waals surface area (Å²) >= 11 is 0.145. The summed E-state index contributed by atoms with van der Waals surface area (Å²) in [4.78, 5) is 4.52. The number of benzene rings is 2. The molecule has 1 N–H and O–H groups in total. The summed E-state index contributed by atoms with van der Waals surface area (Å²) in [5.41, 5.74) is 1.93. The van der Waals surface area contributed by atoms with Gasteiger partial charge in [0, 0.05) is 0 Å². The van der Waals surface area contributed by atoms with Gasteiger partial charge in [-0.2, -0.15) is 0 Å². The number of fused-ring (bicyclic) bond motifs is 1. The quantitative estimate of drug-likeness (QED) is 0.734. The van der Waals surface area contributed by atoms with E-state index in [1.54, 1.807) is 0 Å². The molecule has 17 heavy (non-hydrogen) atoms. The van der Waals surface area contributed by atoms with Gasteiger partial charge in [0.2, 0.25) is 0 Å². The van der Waals surface area contributed by atoms with Gasteiger partial charge in [-0.3, -0.25) is 0 Å². The first-order valence-electron chi connectivity index (χ1n) is 5.43. The minimum absolute atomic E-state index is 0.145. The van der Waals surface area contributed by atoms with Gasteiger partial charge < -0.3 is 0 Å². The first-order valence-corrected chi connectivity index (χ1v) is 7.14. The number of aliphatic hydroxyl groups excluding tert-OH is 1. The third-order valence-corrected chi connectivity index (χ3v) is 4.94. The maximum absolute atomic E-state index is 10.3. The minimum atomic E-state index is -0.566. The van der Waals surface area contributed by atoms with Gasteiger partial charge in [-0.1, -0.05) is 0 Å². The molecule has 2 aromatic carbocycles. The predicted octanol–water partition coefficient (Wildman–Crippen LogP) is 2.37. The summed E-state index contributed by atoms with van der Waals surface area (Å²) in [7, 11) is 0. The number of rotatable bonds is 2. The molecular weight excluding hydrogens is 277 g/mol. The van der Waals surface area contributed by atoms with Crippen LogP contribution in [-0.4, -0.2) is 24.6 Å². The second-order valence-corrected chi connectivity index (χ2v) is 6.06. The van der Waals surface area contributed by atoms with E-state index in [4.69, 9.17) is 0 Å². The SMILES string of the molecule is OC(c1ccccc1)c1nc2ccccc2[se]1. The Balaban J connectivity index is 2.04. The van der Waals surface area contributed by atoms with Gasteiger partial charge in [0.15, 0.2) is 0 Å². The van der Waals surface area contributed by atoms with Crippen LogP contribution in [0.5, 0.6) is 0 Å². The van der Waals surface area contributed by atoms with Crippen molar-refractivity contribution in [1.29, 1.82) is 0 Å². The molecule has 3 aromatic rings. The molecule has 0 bridgehead atoms. The topological polar surface area (TPSA) is 33.1 Å². The van der Waals surface area contributed by atoms with Gasteiger partial charge in [-0.25, -0.2) is 0 Å². The molecule has 3 rings (SSSR count). The van der Waals surface area contributed by atoms with Crippen molar-refractivity contribution in [3.8, 4) is 0 Å². The molecule has 1 unspecified atom stereocenters. The van der Waals surface area contributed by atoms with Crippen LogP contribution in [0.2, 0.25) is 0 Å². The van der Waals surface area contributed by atoms with Crippen LogP contribution in [0.15, 0.2) is 54.6 Å². The zero-order chi connectivity index (χ0) is 11.7. The van der Waals surface area contributed by atoms with E-state index in [0.717, 1.165) is 15.6 Å². The van der Waals surface area contributed by atoms with Crippen LogP contribution >= 0.6 is 0 Å². The van der Waals surface area contributed by atoms with E-state index in [2.05, 4.69) is 11.1 Å². The molecule has 3 heteroatoms. The Morgan fingerprint density at radius 3 is 2.41 bits per heavy atom. The zero-order valence-electron chi connectivity index (χ0n) is 9.08. The van der Waals surface area contributed by atoms with Crippen LogP contribution in [0.1, 0.15) is 16.2 Å². The predicted molar refractivity (Wildman–Crippen MR) is 69.2 cm³/mol. The molecular formula is C14H11NOSe. The number of aliphatic hydroxyl groups is 1. The molecule has 0 aliphatic rings. The summed E-state index contributed by atoms with van der Waals surface area (Å²) in [5.74, 6) is 0. The number of hydrogen-bond acceptors (Lipinski definition) is 2. The van der Waals surface area contributed by atoms with Crippen molar-refractivity contribution >= 4 is 24.3 Å². The molecule has 84 valence electrons. The summed E-state index contributed by atoms with van der Waals surface area (Å²) in [6.45, 7) is 0. The Kier molecular flexibility index (Phi) is 2.81. The molecule has 0 spiro atoms. The molecule has 0 saturated carbocycles. The number of aromatic nitrogens is 1. The van der Waals surface area contributed by atoms with Crippen molar-refractivity contribution in [3.63, 3.8) is 0 Å². The van der Waals surface area contributed by atoms with Gasteiger partial charge >= 0.3 is 105 Å². The number of hydrogen-bond donors (Lipinski definition) is 1. The normalized spacial score (nSPS) is 12.8. The molecule has 0 aliphatic carbocycles. The van der Waals surface area contributed by atoms with Crippen LogP contribution in [0.4, 0.5) is 0 Å². The van der Waals surface area contributed by atoms with Crippen LogP contribution in [-0.2, 0) is 0 Å². The number of nitrogens with zero attached hydrogens (tertiary/aromatic N) is 1. The van der Waals surface area contributed by atoms with Crippen molar-refractivity contribution in [1.82, 2.24) is 4.98 Å². The van der Waals surface area contributed by atoms with Crippen molar-refractivity contribution in [2.24, 2.45) is 0 Å². The third-order valence-electron chi connectivity index (χ3n) is 2.66. The molecule has 0 saturated heterocycles.